The average molecular weight is 248 g/mol. The van der Waals surface area contributed by atoms with Crippen LogP contribution >= 0.6 is 11.3 Å². The number of anilines is 1. The average Bonchev–Trinajstić information content (AvgIpc) is 2.72. The lowest BCUT2D eigenvalue weighted by atomic mass is 10.1. The van der Waals surface area contributed by atoms with Crippen LogP contribution in [0, 0.1) is 17.8 Å². The Kier molecular flexibility index (Phi) is 2.97. The summed E-state index contributed by atoms with van der Waals surface area (Å²) in [6.45, 7) is 0. The highest BCUT2D eigenvalue weighted by molar-refractivity contribution is 7.13. The summed E-state index contributed by atoms with van der Waals surface area (Å²) >= 11 is 1.48. The van der Waals surface area contributed by atoms with Gasteiger partial charge in [0.2, 0.25) is 5.91 Å². The van der Waals surface area contributed by atoms with Crippen LogP contribution < -0.4 is 5.32 Å². The van der Waals surface area contributed by atoms with Gasteiger partial charge in [0.25, 0.3) is 0 Å². The molecule has 0 bridgehead atoms. The van der Waals surface area contributed by atoms with Crippen LogP contribution in [0.3, 0.4) is 0 Å². The van der Waals surface area contributed by atoms with Gasteiger partial charge in [-0.1, -0.05) is 18.6 Å². The summed E-state index contributed by atoms with van der Waals surface area (Å²) < 4.78 is 0. The molecule has 1 saturated carbocycles. The van der Waals surface area contributed by atoms with Crippen LogP contribution in [0.15, 0.2) is 23.7 Å². The molecule has 0 radical (unpaired) electrons. The number of amides is 1. The van der Waals surface area contributed by atoms with Crippen molar-refractivity contribution in [1.82, 2.24) is 4.98 Å². The van der Waals surface area contributed by atoms with E-state index < -0.39 is 0 Å². The Labute approximate surface area is 105 Å². The number of nitrogens with one attached hydrogen (secondary N) is 1. The fourth-order valence-corrected chi connectivity index (χ4v) is 3.31. The number of hydrogen-bond donors (Lipinski definition) is 1. The maximum Gasteiger partial charge on any atom is 0.230 e. The number of thiazole rings is 1. The number of carbonyl (C=O) groups excluding carboxylic acids is 1. The molecule has 0 aromatic carbocycles. The Bertz CT molecular complexity index is 427. The van der Waals surface area contributed by atoms with E-state index in [1.165, 1.54) is 37.0 Å². The van der Waals surface area contributed by atoms with Crippen molar-refractivity contribution < 1.29 is 4.79 Å². The molecule has 1 aromatic heterocycles. The highest BCUT2D eigenvalue weighted by Crippen LogP contribution is 2.51. The highest BCUT2D eigenvalue weighted by Gasteiger charge is 2.52. The largest absolute Gasteiger partial charge is 0.302 e. The van der Waals surface area contributed by atoms with Crippen LogP contribution in [0.25, 0.3) is 0 Å². The van der Waals surface area contributed by atoms with E-state index in [9.17, 15) is 4.79 Å². The first-order valence-corrected chi connectivity index (χ1v) is 7.11. The van der Waals surface area contributed by atoms with Crippen LogP contribution in [0.5, 0.6) is 0 Å². The maximum absolute atomic E-state index is 12.1. The summed E-state index contributed by atoms with van der Waals surface area (Å²) in [4.78, 5) is 16.2. The summed E-state index contributed by atoms with van der Waals surface area (Å²) in [6, 6.07) is 0. The molecule has 4 heteroatoms. The number of fused-ring (bicyclic) bond motifs is 1. The van der Waals surface area contributed by atoms with Crippen molar-refractivity contribution in [3.63, 3.8) is 0 Å². The van der Waals surface area contributed by atoms with Gasteiger partial charge in [-0.15, -0.1) is 11.3 Å². The van der Waals surface area contributed by atoms with Gasteiger partial charge in [0.1, 0.15) is 0 Å². The minimum atomic E-state index is 0.154. The lowest BCUT2D eigenvalue weighted by molar-refractivity contribution is -0.117. The van der Waals surface area contributed by atoms with Gasteiger partial charge in [0, 0.05) is 17.5 Å². The van der Waals surface area contributed by atoms with E-state index in [1.54, 1.807) is 6.20 Å². The highest BCUT2D eigenvalue weighted by atomic mass is 32.1. The molecule has 3 unspecified atom stereocenters. The fraction of sp³-hybridized carbons (Fsp3) is 0.538. The summed E-state index contributed by atoms with van der Waals surface area (Å²) in [5.41, 5.74) is 0. The van der Waals surface area contributed by atoms with Crippen molar-refractivity contribution in [1.29, 1.82) is 0 Å². The van der Waals surface area contributed by atoms with E-state index in [-0.39, 0.29) is 11.8 Å². The first kappa shape index (κ1) is 11.0. The van der Waals surface area contributed by atoms with Gasteiger partial charge in [0.15, 0.2) is 5.13 Å². The molecule has 0 aliphatic heterocycles. The molecule has 1 amide bonds. The van der Waals surface area contributed by atoms with Crippen molar-refractivity contribution in [2.75, 3.05) is 5.32 Å². The predicted octanol–water partition coefficient (Wildman–Crippen LogP) is 3.07. The molecule has 0 spiro atoms. The molecule has 1 aromatic rings. The number of carbonyl (C=O) groups is 1. The molecule has 90 valence electrons. The van der Waals surface area contributed by atoms with E-state index >= 15 is 0 Å². The van der Waals surface area contributed by atoms with E-state index in [2.05, 4.69) is 22.5 Å². The molecule has 3 rings (SSSR count). The van der Waals surface area contributed by atoms with E-state index in [0.29, 0.717) is 11.8 Å². The molecular weight excluding hydrogens is 232 g/mol. The van der Waals surface area contributed by atoms with Crippen LogP contribution in [0.4, 0.5) is 5.13 Å². The first-order valence-electron chi connectivity index (χ1n) is 6.23. The third-order valence-electron chi connectivity index (χ3n) is 3.71. The van der Waals surface area contributed by atoms with Crippen LogP contribution in [0.1, 0.15) is 25.7 Å². The zero-order valence-electron chi connectivity index (χ0n) is 9.63. The number of aromatic nitrogens is 1. The Hall–Kier alpha value is -1.16. The first-order chi connectivity index (χ1) is 8.36. The van der Waals surface area contributed by atoms with E-state index in [1.807, 2.05) is 5.38 Å². The smallest absolute Gasteiger partial charge is 0.230 e. The van der Waals surface area contributed by atoms with Crippen molar-refractivity contribution in [3.8, 4) is 0 Å². The zero-order chi connectivity index (χ0) is 11.7. The predicted molar refractivity (Wildman–Crippen MR) is 68.8 cm³/mol. The Morgan fingerprint density at radius 2 is 2.41 bits per heavy atom. The van der Waals surface area contributed by atoms with Crippen molar-refractivity contribution in [3.05, 3.63) is 23.7 Å². The quantitative estimate of drug-likeness (QED) is 0.817. The Morgan fingerprint density at radius 1 is 1.47 bits per heavy atom. The van der Waals surface area contributed by atoms with Crippen LogP contribution in [-0.4, -0.2) is 10.9 Å². The zero-order valence-corrected chi connectivity index (χ0v) is 10.5. The molecule has 1 N–H and O–H groups in total. The topological polar surface area (TPSA) is 42.0 Å². The van der Waals surface area contributed by atoms with Gasteiger partial charge in [-0.2, -0.15) is 0 Å². The molecule has 0 saturated heterocycles. The normalized spacial score (nSPS) is 33.1. The van der Waals surface area contributed by atoms with Crippen LogP contribution in [-0.2, 0) is 4.79 Å². The van der Waals surface area contributed by atoms with Crippen molar-refractivity contribution in [2.24, 2.45) is 17.8 Å². The number of nitrogens with zero attached hydrogens (tertiary/aromatic N) is 1. The maximum atomic E-state index is 12.1. The lowest BCUT2D eigenvalue weighted by Crippen LogP contribution is -2.15. The lowest BCUT2D eigenvalue weighted by Gasteiger charge is -2.00. The molecule has 3 atom stereocenters. The standard InChI is InChI=1S/C13H16N2OS/c16-12(15-13-14-7-8-17-13)11-9-5-3-1-2-4-6-10(9)11/h3,5,7-11H,1-2,4,6H2,(H,14,15,16)/b5-3-. The number of rotatable bonds is 2. The molecule has 3 nitrogen and oxygen atoms in total. The Morgan fingerprint density at radius 3 is 3.24 bits per heavy atom. The second-order valence-corrected chi connectivity index (χ2v) is 5.70. The van der Waals surface area contributed by atoms with E-state index in [4.69, 9.17) is 0 Å². The van der Waals surface area contributed by atoms with E-state index in [0.717, 1.165) is 5.13 Å². The van der Waals surface area contributed by atoms with Gasteiger partial charge >= 0.3 is 0 Å². The third kappa shape index (κ3) is 2.27. The van der Waals surface area contributed by atoms with Gasteiger partial charge in [-0.3, -0.25) is 4.79 Å². The Balaban J connectivity index is 1.64. The minimum Gasteiger partial charge on any atom is -0.302 e. The fourth-order valence-electron chi connectivity index (χ4n) is 2.77. The molecular formula is C13H16N2OS. The van der Waals surface area contributed by atoms with Crippen molar-refractivity contribution in [2.45, 2.75) is 25.7 Å². The monoisotopic (exact) mass is 248 g/mol. The summed E-state index contributed by atoms with van der Waals surface area (Å²) in [6.07, 6.45) is 11.1. The molecule has 2 aliphatic rings. The summed E-state index contributed by atoms with van der Waals surface area (Å²) in [5, 5.41) is 5.52. The molecule has 1 fully saturated rings. The van der Waals surface area contributed by atoms with Crippen LogP contribution in [0.2, 0.25) is 0 Å². The van der Waals surface area contributed by atoms with Gasteiger partial charge < -0.3 is 5.32 Å². The molecule has 17 heavy (non-hydrogen) atoms. The van der Waals surface area contributed by atoms with Gasteiger partial charge in [-0.05, 0) is 31.1 Å². The summed E-state index contributed by atoms with van der Waals surface area (Å²) in [7, 11) is 0. The number of allylic oxidation sites excluding steroid dienone is 2. The molecule has 1 heterocycles. The van der Waals surface area contributed by atoms with Gasteiger partial charge in [-0.25, -0.2) is 4.98 Å². The second-order valence-electron chi connectivity index (χ2n) is 4.81. The minimum absolute atomic E-state index is 0.154. The second kappa shape index (κ2) is 4.61. The van der Waals surface area contributed by atoms with Crippen molar-refractivity contribution >= 4 is 22.4 Å². The summed E-state index contributed by atoms with van der Waals surface area (Å²) in [5.74, 6) is 1.40. The molecule has 2 aliphatic carbocycles. The third-order valence-corrected chi connectivity index (χ3v) is 4.40. The SMILES string of the molecule is O=C(Nc1nccs1)C1C2/C=C\CCCCC21. The van der Waals surface area contributed by atoms with Gasteiger partial charge in [0.05, 0.1) is 0 Å². The number of hydrogen-bond acceptors (Lipinski definition) is 3.